The quantitative estimate of drug-likeness (QED) is 0.0190. The Morgan fingerprint density at radius 1 is 0.923 bits per heavy atom. The summed E-state index contributed by atoms with van der Waals surface area (Å²) in [6, 6.07) is 15.0. The van der Waals surface area contributed by atoms with Crippen LogP contribution >= 0.6 is 0 Å². The second-order valence-electron chi connectivity index (χ2n) is 14.7. The molecule has 0 spiro atoms. The van der Waals surface area contributed by atoms with Gasteiger partial charge in [-0.05, 0) is 74.2 Å². The minimum Gasteiger partial charge on any atom is -0.480 e. The fourth-order valence-corrected chi connectivity index (χ4v) is 9.25. The number of nitrogens with zero attached hydrogens (tertiary/aromatic N) is 5. The number of anilines is 2. The molecule has 0 radical (unpaired) electrons. The smallest absolute Gasteiger partial charge is 0.323 e. The molecule has 0 aliphatic carbocycles. The van der Waals surface area contributed by atoms with Crippen LogP contribution in [0.3, 0.4) is 0 Å². The van der Waals surface area contributed by atoms with E-state index < -0.39 is 55.9 Å². The Balaban J connectivity index is 1.15. The highest BCUT2D eigenvalue weighted by molar-refractivity contribution is 7.89. The largest absolute Gasteiger partial charge is 0.480 e. The Kier molecular flexibility index (Phi) is 14.4. The Morgan fingerprint density at radius 3 is 2.32 bits per heavy atom. The number of fused-ring (bicyclic) bond motifs is 1. The number of aromatic nitrogens is 4. The van der Waals surface area contributed by atoms with Crippen molar-refractivity contribution >= 4 is 66.8 Å². The van der Waals surface area contributed by atoms with E-state index in [0.29, 0.717) is 28.6 Å². The first kappa shape index (κ1) is 47.0. The van der Waals surface area contributed by atoms with Crippen molar-refractivity contribution in [3.8, 4) is 0 Å². The molecule has 65 heavy (non-hydrogen) atoms. The van der Waals surface area contributed by atoms with E-state index in [1.54, 1.807) is 55.7 Å². The highest BCUT2D eigenvalue weighted by atomic mass is 32.2. The number of pyridine rings is 2. The molecule has 23 heteroatoms. The number of hydrazone groups is 1. The first-order valence-corrected chi connectivity index (χ1v) is 22.6. The molecule has 0 unspecified atom stereocenters. The van der Waals surface area contributed by atoms with Crippen molar-refractivity contribution in [2.24, 2.45) is 5.10 Å². The maximum Gasteiger partial charge on any atom is 0.323 e. The van der Waals surface area contributed by atoms with Gasteiger partial charge in [0.1, 0.15) is 22.3 Å². The summed E-state index contributed by atoms with van der Waals surface area (Å²) in [4.78, 5) is 60.5. The molecule has 2 amide bonds. The van der Waals surface area contributed by atoms with Crippen LogP contribution < -0.4 is 31.5 Å². The van der Waals surface area contributed by atoms with E-state index in [2.05, 4.69) is 41.2 Å². The molecule has 0 fully saturated rings. The first-order valence-electron chi connectivity index (χ1n) is 19.7. The highest BCUT2D eigenvalue weighted by Gasteiger charge is 2.29. The van der Waals surface area contributed by atoms with Crippen molar-refractivity contribution in [3.63, 3.8) is 0 Å². The Bertz CT molecular complexity index is 3070. The number of hydrogen-bond acceptors (Lipinski definition) is 14. The van der Waals surface area contributed by atoms with E-state index in [0.717, 1.165) is 10.3 Å². The second-order valence-corrected chi connectivity index (χ2v) is 17.8. The van der Waals surface area contributed by atoms with Gasteiger partial charge in [0.05, 0.1) is 34.6 Å². The third-order valence-corrected chi connectivity index (χ3v) is 12.6. The number of aliphatic carboxylic acids is 1. The molecule has 1 atom stereocenters. The Morgan fingerprint density at radius 2 is 1.66 bits per heavy atom. The van der Waals surface area contributed by atoms with Crippen LogP contribution in [0.5, 0.6) is 0 Å². The van der Waals surface area contributed by atoms with Crippen LogP contribution in [0, 0.1) is 20.8 Å². The summed E-state index contributed by atoms with van der Waals surface area (Å²) in [5.41, 5.74) is 4.67. The van der Waals surface area contributed by atoms with E-state index in [9.17, 15) is 50.9 Å². The predicted molar refractivity (Wildman–Crippen MR) is 238 cm³/mol. The third-order valence-electron chi connectivity index (χ3n) is 9.87. The summed E-state index contributed by atoms with van der Waals surface area (Å²) < 4.78 is 64.0. The van der Waals surface area contributed by atoms with Gasteiger partial charge in [0.15, 0.2) is 0 Å². The summed E-state index contributed by atoms with van der Waals surface area (Å²) in [6.07, 6.45) is 6.81. The van der Waals surface area contributed by atoms with Crippen molar-refractivity contribution in [2.75, 3.05) is 23.8 Å². The molecular formula is C42H44N10O11S2. The van der Waals surface area contributed by atoms with Crippen molar-refractivity contribution in [1.82, 2.24) is 34.6 Å². The maximum absolute atomic E-state index is 13.8. The number of carboxylic acids is 1. The van der Waals surface area contributed by atoms with E-state index in [4.69, 9.17) is 0 Å². The molecule has 3 heterocycles. The molecular weight excluding hydrogens is 885 g/mol. The van der Waals surface area contributed by atoms with Crippen LogP contribution in [0.25, 0.3) is 10.9 Å². The molecule has 0 aliphatic heterocycles. The monoisotopic (exact) mass is 928 g/mol. The lowest BCUT2D eigenvalue weighted by molar-refractivity contribution is -0.138. The Hall–Kier alpha value is -7.47. The van der Waals surface area contributed by atoms with E-state index in [-0.39, 0.29) is 63.3 Å². The van der Waals surface area contributed by atoms with Crippen LogP contribution in [0.1, 0.15) is 55.0 Å². The average Bonchev–Trinajstić information content (AvgIpc) is 3.67. The number of carbonyl (C=O) groups excluding carboxylic acids is 2. The number of sulfonamides is 1. The van der Waals surface area contributed by atoms with E-state index in [1.807, 2.05) is 0 Å². The number of hydrogen-bond donors (Lipinski definition) is 8. The zero-order chi connectivity index (χ0) is 47.1. The van der Waals surface area contributed by atoms with E-state index in [1.165, 1.54) is 67.4 Å². The number of nitrogens with one attached hydrogen (secondary N) is 5. The zero-order valence-corrected chi connectivity index (χ0v) is 36.6. The van der Waals surface area contributed by atoms with Crippen LogP contribution in [0.2, 0.25) is 0 Å². The lowest BCUT2D eigenvalue weighted by atomic mass is 10.1. The lowest BCUT2D eigenvalue weighted by Gasteiger charge is -2.19. The Labute approximate surface area is 372 Å². The van der Waals surface area contributed by atoms with Crippen molar-refractivity contribution < 1.29 is 46.1 Å². The zero-order valence-electron chi connectivity index (χ0n) is 35.0. The summed E-state index contributed by atoms with van der Waals surface area (Å²) in [7, 11) is -8.83. The van der Waals surface area contributed by atoms with Gasteiger partial charge in [-0.3, -0.25) is 29.2 Å². The van der Waals surface area contributed by atoms with Crippen LogP contribution in [0.4, 0.5) is 11.8 Å². The van der Waals surface area contributed by atoms with Crippen molar-refractivity contribution in [3.05, 3.63) is 141 Å². The highest BCUT2D eigenvalue weighted by Crippen LogP contribution is 2.22. The molecule has 8 N–H and O–H groups in total. The van der Waals surface area contributed by atoms with Gasteiger partial charge in [-0.1, -0.05) is 42.0 Å². The molecule has 3 aromatic heterocycles. The van der Waals surface area contributed by atoms with Crippen LogP contribution in [0.15, 0.2) is 111 Å². The molecule has 21 nitrogen and oxygen atoms in total. The topological polar surface area (TPSA) is 305 Å². The summed E-state index contributed by atoms with van der Waals surface area (Å²) in [5.74, 6) is -2.58. The number of carboxylic acid groups (broad SMARTS) is 1. The van der Waals surface area contributed by atoms with Crippen molar-refractivity contribution in [1.29, 1.82) is 0 Å². The molecule has 0 aliphatic rings. The first-order chi connectivity index (χ1) is 30.8. The average molecular weight is 929 g/mol. The van der Waals surface area contributed by atoms with Gasteiger partial charge in [0.25, 0.3) is 21.9 Å². The maximum atomic E-state index is 13.8. The third kappa shape index (κ3) is 11.6. The molecule has 3 aromatic carbocycles. The molecule has 340 valence electrons. The number of carbonyl (C=O) groups is 3. The summed E-state index contributed by atoms with van der Waals surface area (Å²) in [6.45, 7) is 4.76. The van der Waals surface area contributed by atoms with Gasteiger partial charge in [0, 0.05) is 49.5 Å². The number of benzene rings is 3. The minimum absolute atomic E-state index is 0.0827. The van der Waals surface area contributed by atoms with Gasteiger partial charge < -0.3 is 30.8 Å². The molecule has 0 bridgehead atoms. The molecule has 6 rings (SSSR count). The minimum atomic E-state index is -4.48. The predicted octanol–water partition coefficient (Wildman–Crippen LogP) is 3.04. The fourth-order valence-electron chi connectivity index (χ4n) is 6.94. The van der Waals surface area contributed by atoms with Gasteiger partial charge in [-0.15, -0.1) is 0 Å². The lowest BCUT2D eigenvalue weighted by Crippen LogP contribution is -2.49. The van der Waals surface area contributed by atoms with Gasteiger partial charge >= 0.3 is 5.97 Å². The van der Waals surface area contributed by atoms with Crippen LogP contribution in [-0.4, -0.2) is 94.1 Å². The number of imidazole rings is 1. The standard InChI is InChI=1S/C42H44N10O11S2/c1-25-17-26(2)38(27(3)18-25)64(59,60)50-33(41(56)57)23-46-40(55)32-24-51(34-19-28(9-11-31(34)37(32)53)20-47-42-44-14-16-52(42)58)15-6-13-43-39(54)30-10-12-36(45-21-30)49-48-22-29-7-4-5-8-35(29)65(61,62)63/h4-5,7-12,14,16-19,21-22,24,33,50,58H,6,13,15,20,23H2,1-3H3,(H,43,54)(H,44,47)(H,45,49)(H,46,55)(H,56,57)(H,61,62,63)/b48-22+/t33-/m0/s1. The van der Waals surface area contributed by atoms with Gasteiger partial charge in [-0.25, -0.2) is 18.4 Å². The number of amides is 2. The van der Waals surface area contributed by atoms with Crippen molar-refractivity contribution in [2.45, 2.75) is 56.1 Å². The molecule has 0 saturated carbocycles. The van der Waals surface area contributed by atoms with E-state index >= 15 is 0 Å². The summed E-state index contributed by atoms with van der Waals surface area (Å²) in [5, 5.41) is 32.1. The number of rotatable bonds is 19. The fraction of sp³-hybridized carbons (Fsp3) is 0.214. The molecule has 0 saturated heterocycles. The summed E-state index contributed by atoms with van der Waals surface area (Å²) >= 11 is 0. The number of aryl methyl sites for hydroxylation is 4. The normalized spacial score (nSPS) is 12.2. The second kappa shape index (κ2) is 19.9. The SMILES string of the molecule is Cc1cc(C)c(S(=O)(=O)N[C@@H](CNC(=O)c2cn(CCCNC(=O)c3ccc(N/N=C/c4ccccc4S(=O)(=O)O)nc3)c3cc(CNc4nccn4O)ccc3c2=O)C(=O)O)c(C)c1. The molecule has 6 aromatic rings. The van der Waals surface area contributed by atoms with Crippen LogP contribution in [-0.2, 0) is 38.0 Å². The van der Waals surface area contributed by atoms with Gasteiger partial charge in [-0.2, -0.15) is 23.0 Å². The van der Waals surface area contributed by atoms with Gasteiger partial charge in [0.2, 0.25) is 21.4 Å².